The lowest BCUT2D eigenvalue weighted by atomic mass is 10.00. The lowest BCUT2D eigenvalue weighted by Gasteiger charge is -2.28. The van der Waals surface area contributed by atoms with Crippen LogP contribution in [0.2, 0.25) is 0 Å². The molecule has 1 aliphatic heterocycles. The van der Waals surface area contributed by atoms with E-state index in [4.69, 9.17) is 18.9 Å². The summed E-state index contributed by atoms with van der Waals surface area (Å²) < 4.78 is 21.0. The summed E-state index contributed by atoms with van der Waals surface area (Å²) in [5.74, 6) is -3.35. The maximum Gasteiger partial charge on any atom is 0.408 e. The molecule has 0 spiro atoms. The molecule has 1 rings (SSSR count). The van der Waals surface area contributed by atoms with Gasteiger partial charge in [-0.05, 0) is 27.7 Å². The van der Waals surface area contributed by atoms with Crippen LogP contribution in [0.5, 0.6) is 0 Å². The molecule has 0 aliphatic carbocycles. The molecule has 1 fully saturated rings. The molecular weight excluding hydrogens is 438 g/mol. The van der Waals surface area contributed by atoms with Gasteiger partial charge in [-0.1, -0.05) is 29.8 Å². The molecule has 0 aromatic carbocycles. The highest BCUT2D eigenvalue weighted by atomic mass is 79.9. The largest absolute Gasteiger partial charge is 0.463 e. The first-order chi connectivity index (χ1) is 12.9. The van der Waals surface area contributed by atoms with E-state index in [0.29, 0.717) is 0 Å². The zero-order valence-electron chi connectivity index (χ0n) is 16.9. The minimum absolute atomic E-state index is 0.133. The van der Waals surface area contributed by atoms with Gasteiger partial charge in [-0.3, -0.25) is 9.59 Å². The number of carbonyl (C=O) groups excluding carboxylic acids is 4. The van der Waals surface area contributed by atoms with Crippen molar-refractivity contribution in [1.29, 1.82) is 0 Å². The summed E-state index contributed by atoms with van der Waals surface area (Å²) in [6.45, 7) is 9.39. The zero-order chi connectivity index (χ0) is 21.6. The summed E-state index contributed by atoms with van der Waals surface area (Å²) in [5, 5.41) is 2.47. The predicted octanol–water partition coefficient (Wildman–Crippen LogP) is 1.95. The van der Waals surface area contributed by atoms with Gasteiger partial charge in [-0.25, -0.2) is 9.59 Å². The van der Waals surface area contributed by atoms with Gasteiger partial charge in [0.2, 0.25) is 0 Å². The van der Waals surface area contributed by atoms with Crippen LogP contribution in [0.15, 0.2) is 0 Å². The molecule has 0 bridgehead atoms. The first-order valence-electron chi connectivity index (χ1n) is 8.98. The number of rotatable bonds is 4. The van der Waals surface area contributed by atoms with Crippen molar-refractivity contribution in [2.45, 2.75) is 65.4 Å². The number of carbonyl (C=O) groups is 4. The van der Waals surface area contributed by atoms with Crippen LogP contribution in [0.3, 0.4) is 0 Å². The Kier molecular flexibility index (Phi) is 8.72. The van der Waals surface area contributed by atoms with Gasteiger partial charge >= 0.3 is 24.0 Å². The van der Waals surface area contributed by atoms with Crippen LogP contribution >= 0.6 is 15.9 Å². The van der Waals surface area contributed by atoms with Gasteiger partial charge in [0, 0.05) is 5.33 Å². The number of nitrogens with one attached hydrogen (secondary N) is 1. The van der Waals surface area contributed by atoms with Crippen molar-refractivity contribution < 1.29 is 38.1 Å². The second kappa shape index (κ2) is 10.1. The van der Waals surface area contributed by atoms with Crippen molar-refractivity contribution in [3.05, 3.63) is 0 Å². The SMILES string of the molecule is CC(C)C(=O)O[C@H]1[C@H](C)OC(=O)[C@@H](NC(=O)OC(C)(C)C)COC(=O)[C@@H]1CBr. The molecule has 1 amide bonds. The summed E-state index contributed by atoms with van der Waals surface area (Å²) >= 11 is 3.21. The summed E-state index contributed by atoms with van der Waals surface area (Å²) in [7, 11) is 0. The van der Waals surface area contributed by atoms with E-state index < -0.39 is 66.3 Å². The maximum atomic E-state index is 12.5. The van der Waals surface area contributed by atoms with Crippen molar-refractivity contribution in [3.8, 4) is 0 Å². The van der Waals surface area contributed by atoms with Crippen molar-refractivity contribution >= 4 is 39.9 Å². The molecule has 0 aromatic heterocycles. The molecule has 1 saturated heterocycles. The second-order valence-electron chi connectivity index (χ2n) is 7.79. The second-order valence-corrected chi connectivity index (χ2v) is 8.44. The van der Waals surface area contributed by atoms with Crippen LogP contribution in [0.1, 0.15) is 41.5 Å². The van der Waals surface area contributed by atoms with Crippen LogP contribution in [-0.4, -0.2) is 59.8 Å². The molecule has 160 valence electrons. The lowest BCUT2D eigenvalue weighted by molar-refractivity contribution is -0.175. The molecule has 10 heteroatoms. The summed E-state index contributed by atoms with van der Waals surface area (Å²) in [6, 6.07) is -1.25. The number of ether oxygens (including phenoxy) is 4. The van der Waals surface area contributed by atoms with Gasteiger partial charge in [0.05, 0.1) is 5.92 Å². The Bertz CT molecular complexity index is 601. The Morgan fingerprint density at radius 2 is 1.86 bits per heavy atom. The van der Waals surface area contributed by atoms with Gasteiger partial charge in [0.15, 0.2) is 12.1 Å². The Balaban J connectivity index is 3.01. The molecule has 9 nitrogen and oxygen atoms in total. The van der Waals surface area contributed by atoms with Crippen molar-refractivity contribution in [3.63, 3.8) is 0 Å². The molecule has 0 saturated carbocycles. The quantitative estimate of drug-likeness (QED) is 0.380. The van der Waals surface area contributed by atoms with Gasteiger partial charge in [0.25, 0.3) is 0 Å². The zero-order valence-corrected chi connectivity index (χ0v) is 18.5. The van der Waals surface area contributed by atoms with Crippen LogP contribution in [0, 0.1) is 11.8 Å². The van der Waals surface area contributed by atoms with E-state index in [1.165, 1.54) is 6.92 Å². The van der Waals surface area contributed by atoms with E-state index in [2.05, 4.69) is 21.2 Å². The Labute approximate surface area is 172 Å². The van der Waals surface area contributed by atoms with E-state index in [1.807, 2.05) is 0 Å². The van der Waals surface area contributed by atoms with Crippen molar-refractivity contribution in [1.82, 2.24) is 5.32 Å². The average Bonchev–Trinajstić information content (AvgIpc) is 2.58. The summed E-state index contributed by atoms with van der Waals surface area (Å²) in [4.78, 5) is 48.9. The topological polar surface area (TPSA) is 117 Å². The number of hydrogen-bond donors (Lipinski definition) is 1. The van der Waals surface area contributed by atoms with Gasteiger partial charge in [-0.2, -0.15) is 0 Å². The molecule has 0 radical (unpaired) electrons. The van der Waals surface area contributed by atoms with Crippen LogP contribution < -0.4 is 5.32 Å². The molecule has 1 aliphatic rings. The molecule has 4 atom stereocenters. The molecule has 0 aromatic rings. The Morgan fingerprint density at radius 3 is 2.36 bits per heavy atom. The normalized spacial score (nSPS) is 26.3. The number of cyclic esters (lactones) is 2. The first-order valence-corrected chi connectivity index (χ1v) is 10.1. The Morgan fingerprint density at radius 1 is 1.25 bits per heavy atom. The summed E-state index contributed by atoms with van der Waals surface area (Å²) in [6.07, 6.45) is -2.82. The highest BCUT2D eigenvalue weighted by molar-refractivity contribution is 9.09. The summed E-state index contributed by atoms with van der Waals surface area (Å²) in [5.41, 5.74) is -0.770. The number of alkyl halides is 1. The average molecular weight is 466 g/mol. The van der Waals surface area contributed by atoms with Gasteiger partial charge in [-0.15, -0.1) is 0 Å². The maximum absolute atomic E-state index is 12.5. The van der Waals surface area contributed by atoms with Gasteiger partial charge in [0.1, 0.15) is 24.2 Å². The fraction of sp³-hybridized carbons (Fsp3) is 0.778. The van der Waals surface area contributed by atoms with Crippen molar-refractivity contribution in [2.75, 3.05) is 11.9 Å². The molecule has 1 N–H and O–H groups in total. The highest BCUT2D eigenvalue weighted by Gasteiger charge is 2.41. The smallest absolute Gasteiger partial charge is 0.408 e. The third kappa shape index (κ3) is 7.29. The van der Waals surface area contributed by atoms with Crippen LogP contribution in [0.25, 0.3) is 0 Å². The number of halogens is 1. The fourth-order valence-corrected chi connectivity index (χ4v) is 2.92. The van der Waals surface area contributed by atoms with Crippen molar-refractivity contribution in [2.24, 2.45) is 11.8 Å². The lowest BCUT2D eigenvalue weighted by Crippen LogP contribution is -2.48. The number of alkyl carbamates (subject to hydrolysis) is 1. The van der Waals surface area contributed by atoms with E-state index in [9.17, 15) is 19.2 Å². The van der Waals surface area contributed by atoms with Crippen LogP contribution in [0.4, 0.5) is 4.79 Å². The third-order valence-corrected chi connectivity index (χ3v) is 4.42. The molecule has 0 unspecified atom stereocenters. The predicted molar refractivity (Wildman–Crippen MR) is 102 cm³/mol. The molecule has 28 heavy (non-hydrogen) atoms. The van der Waals surface area contributed by atoms with E-state index >= 15 is 0 Å². The van der Waals surface area contributed by atoms with Gasteiger partial charge < -0.3 is 24.3 Å². The third-order valence-electron chi connectivity index (χ3n) is 3.72. The number of amides is 1. The minimum atomic E-state index is -1.25. The molecular formula is C18H28BrNO8. The highest BCUT2D eigenvalue weighted by Crippen LogP contribution is 2.22. The Hall–Kier alpha value is -1.84. The standard InChI is InChI=1S/C18H28BrNO8/c1-9(2)14(21)27-13-10(3)26-16(23)12(8-25-15(22)11(13)7-19)20-17(24)28-18(4,5)6/h9-13H,7-8H2,1-6H3,(H,20,24)/t10-,11+,12-,13-/m0/s1. The fourth-order valence-electron chi connectivity index (χ4n) is 2.28. The minimum Gasteiger partial charge on any atom is -0.463 e. The number of esters is 3. The van der Waals surface area contributed by atoms with Crippen LogP contribution in [-0.2, 0) is 33.3 Å². The first kappa shape index (κ1) is 24.2. The molecule has 1 heterocycles. The van der Waals surface area contributed by atoms with E-state index in [1.54, 1.807) is 34.6 Å². The number of hydrogen-bond acceptors (Lipinski definition) is 8. The van der Waals surface area contributed by atoms with E-state index in [0.717, 1.165) is 0 Å². The van der Waals surface area contributed by atoms with E-state index in [-0.39, 0.29) is 5.33 Å². The monoisotopic (exact) mass is 465 g/mol.